The Morgan fingerprint density at radius 2 is 1.63 bits per heavy atom. The van der Waals surface area contributed by atoms with E-state index in [2.05, 4.69) is 210 Å². The van der Waals surface area contributed by atoms with Gasteiger partial charge < -0.3 is 5.32 Å². The molecule has 0 saturated heterocycles. The lowest BCUT2D eigenvalue weighted by atomic mass is 9.73. The Hall–Kier alpha value is -5.50. The van der Waals surface area contributed by atoms with E-state index in [0.717, 1.165) is 19.3 Å². The Labute approximate surface area is 354 Å². The molecule has 0 saturated carbocycles. The standard InChI is InChI=1S/C58H61N/c1-6-53-50(39-52(59-43(5)46-19-9-7-10-20-46)33-31-44-17-13-24-49(36-44)47-21-11-8-12-22-47)25-16-26-54(53)51-35-41(3)42(4)58-38-45(37-51)18-14-27-57(58)56-28-15-23-48-32-29-40(2)30-34-55(48)56/h6-22,24-28,30-31,33-36,40,43,45,48,52,58-59H,1,23,29,32,37-39H2,2-5H3/b33-31+,42-41-,51-35+/t40-,43+,45-,48?,52+,58?/m0/s1. The third-order valence-electron chi connectivity index (χ3n) is 13.4. The average molecular weight is 772 g/mol. The van der Waals surface area contributed by atoms with Crippen molar-refractivity contribution in [1.29, 1.82) is 0 Å². The van der Waals surface area contributed by atoms with Gasteiger partial charge in [0.05, 0.1) is 0 Å². The van der Waals surface area contributed by atoms with Crippen molar-refractivity contribution in [2.75, 3.05) is 0 Å². The molecule has 1 heteroatoms. The molecule has 0 fully saturated rings. The zero-order valence-corrected chi connectivity index (χ0v) is 35.6. The van der Waals surface area contributed by atoms with E-state index >= 15 is 0 Å². The molecule has 1 nitrogen and oxygen atoms in total. The van der Waals surface area contributed by atoms with Crippen LogP contribution in [-0.4, -0.2) is 6.04 Å². The molecular weight excluding hydrogens is 711 g/mol. The maximum atomic E-state index is 4.44. The predicted molar refractivity (Wildman–Crippen MR) is 255 cm³/mol. The summed E-state index contributed by atoms with van der Waals surface area (Å²) >= 11 is 0. The molecule has 0 aliphatic heterocycles. The molecule has 0 radical (unpaired) electrons. The molecule has 1 N–H and O–H groups in total. The number of allylic oxidation sites excluding steroid dienone is 14. The molecule has 4 aliphatic carbocycles. The van der Waals surface area contributed by atoms with E-state index in [1.807, 2.05) is 0 Å². The zero-order valence-electron chi connectivity index (χ0n) is 35.6. The summed E-state index contributed by atoms with van der Waals surface area (Å²) in [5.41, 5.74) is 17.7. The molecule has 59 heavy (non-hydrogen) atoms. The fraction of sp³-hybridized carbons (Fsp3) is 0.276. The minimum Gasteiger partial charge on any atom is -0.304 e. The SMILES string of the molecule is C=Cc1c(C[C@@H](/C=C/c2cccc(-c3ccccc3)c2)N[C@H](C)c2ccccc2)cccc1/C1=C/C(C)=C(/C)C2C[C@@H](C=CC=C2C2=C3C=C[C@@H](C)CCC3CC=C2)C1. The van der Waals surface area contributed by atoms with E-state index in [4.69, 9.17) is 0 Å². The number of rotatable bonds is 11. The number of benzene rings is 4. The van der Waals surface area contributed by atoms with Crippen LogP contribution >= 0.6 is 0 Å². The normalized spacial score (nSPS) is 24.9. The summed E-state index contributed by atoms with van der Waals surface area (Å²) < 4.78 is 0. The van der Waals surface area contributed by atoms with Crippen molar-refractivity contribution in [2.24, 2.45) is 23.7 Å². The van der Waals surface area contributed by atoms with Crippen LogP contribution < -0.4 is 5.32 Å². The number of fused-ring (bicyclic) bond motifs is 3. The quantitative estimate of drug-likeness (QED) is 0.160. The zero-order chi connectivity index (χ0) is 40.7. The summed E-state index contributed by atoms with van der Waals surface area (Å²) in [6.07, 6.45) is 33.1. The third-order valence-corrected chi connectivity index (χ3v) is 13.4. The lowest BCUT2D eigenvalue weighted by Crippen LogP contribution is -2.32. The molecule has 6 atom stereocenters. The fourth-order valence-corrected chi connectivity index (χ4v) is 9.91. The summed E-state index contributed by atoms with van der Waals surface area (Å²) in [7, 11) is 0. The highest BCUT2D eigenvalue weighted by molar-refractivity contribution is 5.78. The molecule has 4 aromatic carbocycles. The van der Waals surface area contributed by atoms with Gasteiger partial charge in [-0.15, -0.1) is 0 Å². The Bertz CT molecular complexity index is 2390. The first-order valence-corrected chi connectivity index (χ1v) is 22.1. The van der Waals surface area contributed by atoms with E-state index in [1.54, 1.807) is 5.57 Å². The summed E-state index contributed by atoms with van der Waals surface area (Å²) in [4.78, 5) is 0. The summed E-state index contributed by atoms with van der Waals surface area (Å²) in [5.74, 6) is 2.12. The molecule has 8 rings (SSSR count). The average Bonchev–Trinajstić information content (AvgIpc) is 3.61. The molecule has 298 valence electrons. The molecule has 4 aliphatic rings. The van der Waals surface area contributed by atoms with Crippen LogP contribution in [0.2, 0.25) is 0 Å². The van der Waals surface area contributed by atoms with Gasteiger partial charge in [-0.1, -0.05) is 189 Å². The predicted octanol–water partition coefficient (Wildman–Crippen LogP) is 15.1. The van der Waals surface area contributed by atoms with E-state index in [0.29, 0.717) is 23.7 Å². The Balaban J connectivity index is 1.11. The molecule has 2 bridgehead atoms. The van der Waals surface area contributed by atoms with Crippen molar-refractivity contribution < 1.29 is 0 Å². The van der Waals surface area contributed by atoms with E-state index in [1.165, 1.54) is 86.1 Å². The molecular formula is C58H61N. The van der Waals surface area contributed by atoms with Gasteiger partial charge in [0, 0.05) is 18.0 Å². The highest BCUT2D eigenvalue weighted by atomic mass is 14.9. The second-order valence-corrected chi connectivity index (χ2v) is 17.5. The highest BCUT2D eigenvalue weighted by Gasteiger charge is 2.31. The lowest BCUT2D eigenvalue weighted by molar-refractivity contribution is 0.500. The smallest absolute Gasteiger partial charge is 0.0299 e. The monoisotopic (exact) mass is 771 g/mol. The van der Waals surface area contributed by atoms with Crippen molar-refractivity contribution in [1.82, 2.24) is 5.32 Å². The minimum atomic E-state index is 0.0973. The lowest BCUT2D eigenvalue weighted by Gasteiger charge is -2.31. The van der Waals surface area contributed by atoms with E-state index in [-0.39, 0.29) is 12.1 Å². The number of hydrogen-bond acceptors (Lipinski definition) is 1. The minimum absolute atomic E-state index is 0.0973. The molecule has 2 unspecified atom stereocenters. The number of nitrogens with one attached hydrogen (secondary N) is 1. The van der Waals surface area contributed by atoms with Gasteiger partial charge in [-0.3, -0.25) is 0 Å². The van der Waals surface area contributed by atoms with Gasteiger partial charge in [-0.2, -0.15) is 0 Å². The van der Waals surface area contributed by atoms with Crippen LogP contribution in [-0.2, 0) is 6.42 Å². The Morgan fingerprint density at radius 1 is 0.847 bits per heavy atom. The summed E-state index contributed by atoms with van der Waals surface area (Å²) in [6.45, 7) is 13.8. The van der Waals surface area contributed by atoms with E-state index in [9.17, 15) is 0 Å². The second kappa shape index (κ2) is 18.6. The molecule has 0 heterocycles. The fourth-order valence-electron chi connectivity index (χ4n) is 9.91. The van der Waals surface area contributed by atoms with Crippen LogP contribution in [0.25, 0.3) is 28.9 Å². The van der Waals surface area contributed by atoms with Crippen LogP contribution in [0.3, 0.4) is 0 Å². The van der Waals surface area contributed by atoms with Crippen molar-refractivity contribution in [3.05, 3.63) is 220 Å². The van der Waals surface area contributed by atoms with Crippen molar-refractivity contribution in [2.45, 2.75) is 78.3 Å². The van der Waals surface area contributed by atoms with Crippen LogP contribution in [0.4, 0.5) is 0 Å². The second-order valence-electron chi connectivity index (χ2n) is 17.5. The Kier molecular flexibility index (Phi) is 12.7. The van der Waals surface area contributed by atoms with Gasteiger partial charge in [0.2, 0.25) is 0 Å². The largest absolute Gasteiger partial charge is 0.304 e. The van der Waals surface area contributed by atoms with Crippen molar-refractivity contribution >= 4 is 17.7 Å². The molecule has 0 aromatic heterocycles. The first-order valence-electron chi connectivity index (χ1n) is 22.1. The van der Waals surface area contributed by atoms with Crippen LogP contribution in [0.1, 0.15) is 93.7 Å². The van der Waals surface area contributed by atoms with Crippen LogP contribution in [0, 0.1) is 23.7 Å². The third kappa shape index (κ3) is 9.38. The maximum absolute atomic E-state index is 4.44. The highest BCUT2D eigenvalue weighted by Crippen LogP contribution is 2.46. The van der Waals surface area contributed by atoms with Gasteiger partial charge in [-0.05, 0) is 144 Å². The van der Waals surface area contributed by atoms with Crippen LogP contribution in [0.5, 0.6) is 0 Å². The maximum Gasteiger partial charge on any atom is 0.0299 e. The van der Waals surface area contributed by atoms with Crippen molar-refractivity contribution in [3.8, 4) is 11.1 Å². The van der Waals surface area contributed by atoms with Gasteiger partial charge in [0.25, 0.3) is 0 Å². The van der Waals surface area contributed by atoms with Gasteiger partial charge in [0.15, 0.2) is 0 Å². The molecule has 0 amide bonds. The van der Waals surface area contributed by atoms with Crippen LogP contribution in [0.15, 0.2) is 192 Å². The summed E-state index contributed by atoms with van der Waals surface area (Å²) in [6, 6.07) is 37.5. The van der Waals surface area contributed by atoms with Gasteiger partial charge in [-0.25, -0.2) is 0 Å². The van der Waals surface area contributed by atoms with Gasteiger partial charge in [0.1, 0.15) is 0 Å². The first kappa shape index (κ1) is 40.3. The van der Waals surface area contributed by atoms with E-state index < -0.39 is 0 Å². The summed E-state index contributed by atoms with van der Waals surface area (Å²) in [5, 5.41) is 4.00. The topological polar surface area (TPSA) is 12.0 Å². The first-order chi connectivity index (χ1) is 28.8. The molecule has 4 aromatic rings. The molecule has 0 spiro atoms. The van der Waals surface area contributed by atoms with Gasteiger partial charge >= 0.3 is 0 Å². The number of hydrogen-bond donors (Lipinski definition) is 1. The van der Waals surface area contributed by atoms with Crippen molar-refractivity contribution in [3.63, 3.8) is 0 Å². The Morgan fingerprint density at radius 3 is 2.44 bits per heavy atom.